The molecule has 12 heteroatoms. The van der Waals surface area contributed by atoms with Crippen LogP contribution in [-0.4, -0.2) is 88.8 Å². The number of carbonyl (C=O) groups excluding carboxylic acids is 4. The summed E-state index contributed by atoms with van der Waals surface area (Å²) >= 11 is -0.236. The number of amides is 1. The molecule has 6 rings (SSSR count). The van der Waals surface area contributed by atoms with E-state index in [1.807, 2.05) is 6.08 Å². The van der Waals surface area contributed by atoms with E-state index in [9.17, 15) is 29.4 Å². The van der Waals surface area contributed by atoms with Crippen molar-refractivity contribution < 1.29 is 44.0 Å². The Morgan fingerprint density at radius 3 is 2.38 bits per heavy atom. The fourth-order valence-corrected chi connectivity index (χ4v) is 11.0. The molecule has 246 valence electrons. The first-order chi connectivity index (χ1) is 21.1. The zero-order valence-electron chi connectivity index (χ0n) is 26.4. The predicted octanol–water partition coefficient (Wildman–Crippen LogP) is 1.97. The van der Waals surface area contributed by atoms with E-state index >= 15 is 0 Å². The number of nitrogens with two attached hydrogens (primary N) is 1. The van der Waals surface area contributed by atoms with Crippen LogP contribution in [0.4, 0.5) is 0 Å². The van der Waals surface area contributed by atoms with E-state index in [4.69, 9.17) is 20.3 Å². The van der Waals surface area contributed by atoms with Crippen LogP contribution in [0.5, 0.6) is 0 Å². The van der Waals surface area contributed by atoms with E-state index in [2.05, 4.69) is 31.8 Å². The number of aliphatic hydroxyl groups excluding tert-OH is 3. The molecule has 0 radical (unpaired) electrons. The van der Waals surface area contributed by atoms with Crippen molar-refractivity contribution in [2.24, 2.45) is 34.3 Å². The van der Waals surface area contributed by atoms with Gasteiger partial charge in [0.15, 0.2) is 17.2 Å². The molecular weight excluding hydrogens is 647 g/mol. The van der Waals surface area contributed by atoms with Crippen molar-refractivity contribution in [3.05, 3.63) is 38.5 Å². The molecule has 5 aliphatic rings. The van der Waals surface area contributed by atoms with Crippen molar-refractivity contribution in [2.45, 2.75) is 103 Å². The Labute approximate surface area is 269 Å². The summed E-state index contributed by atoms with van der Waals surface area (Å²) in [6.45, 7) is 9.25. The fraction of sp³-hybridized carbons (Fsp3) is 0.667. The molecule has 0 bridgehead atoms. The molecular formula is C33H44N2O9Se. The molecule has 1 saturated heterocycles. The Morgan fingerprint density at radius 2 is 1.80 bits per heavy atom. The summed E-state index contributed by atoms with van der Waals surface area (Å²) in [5, 5.41) is 28.3. The second-order valence-electron chi connectivity index (χ2n) is 13.7. The van der Waals surface area contributed by atoms with Crippen LogP contribution in [-0.2, 0) is 23.9 Å². The van der Waals surface area contributed by atoms with Crippen molar-refractivity contribution >= 4 is 37.9 Å². The van der Waals surface area contributed by atoms with E-state index in [0.29, 0.717) is 35.2 Å². The third-order valence-corrected chi connectivity index (χ3v) is 13.3. The molecule has 1 aliphatic heterocycles. The molecule has 1 amide bonds. The molecule has 0 spiro atoms. The second-order valence-corrected chi connectivity index (χ2v) is 15.6. The maximum atomic E-state index is 12.8. The Morgan fingerprint density at radius 1 is 1.11 bits per heavy atom. The van der Waals surface area contributed by atoms with Gasteiger partial charge in [-0.05, 0) is 80.8 Å². The number of allylic oxidation sites excluding steroid dienone is 4. The van der Waals surface area contributed by atoms with Crippen LogP contribution >= 0.6 is 0 Å². The quantitative estimate of drug-likeness (QED) is 0.263. The Bertz CT molecular complexity index is 1450. The van der Waals surface area contributed by atoms with Gasteiger partial charge in [0.2, 0.25) is 0 Å². The van der Waals surface area contributed by atoms with Gasteiger partial charge in [0.05, 0.1) is 0 Å². The van der Waals surface area contributed by atoms with Crippen LogP contribution in [0, 0.1) is 28.6 Å². The van der Waals surface area contributed by atoms with Crippen LogP contribution < -0.4 is 5.73 Å². The van der Waals surface area contributed by atoms with Gasteiger partial charge in [0.25, 0.3) is 0 Å². The van der Waals surface area contributed by atoms with Crippen molar-refractivity contribution in [3.8, 4) is 0 Å². The monoisotopic (exact) mass is 692 g/mol. The number of Topliss-reactive ketones (excluding diaryl/α,β-unsaturated/α-hetero) is 1. The van der Waals surface area contributed by atoms with Crippen LogP contribution in [0.1, 0.15) is 94.3 Å². The molecule has 4 aliphatic carbocycles. The average Bonchev–Trinajstić information content (AvgIpc) is 3.65. The number of ether oxygens (including phenoxy) is 2. The van der Waals surface area contributed by atoms with Crippen molar-refractivity contribution in [1.29, 1.82) is 0 Å². The summed E-state index contributed by atoms with van der Waals surface area (Å²) in [6.07, 6.45) is 5.29. The van der Waals surface area contributed by atoms with Gasteiger partial charge in [-0.15, -0.1) is 0 Å². The van der Waals surface area contributed by atoms with Gasteiger partial charge in [0.1, 0.15) is 0 Å². The Balaban J connectivity index is 0.000000201. The van der Waals surface area contributed by atoms with E-state index in [-0.39, 0.29) is 55.2 Å². The number of ketones is 2. The van der Waals surface area contributed by atoms with E-state index in [1.165, 1.54) is 18.1 Å². The summed E-state index contributed by atoms with van der Waals surface area (Å²) in [5.74, 6) is 0.398. The first-order valence-corrected chi connectivity index (χ1v) is 17.5. The normalized spacial score (nSPS) is 40.2. The molecule has 2 saturated carbocycles. The summed E-state index contributed by atoms with van der Waals surface area (Å²) in [4.78, 5) is 53.2. The van der Waals surface area contributed by atoms with Gasteiger partial charge in [-0.3, -0.25) is 14.4 Å². The zero-order valence-corrected chi connectivity index (χ0v) is 28.2. The Kier molecular flexibility index (Phi) is 9.25. The fourth-order valence-electron chi connectivity index (χ4n) is 9.11. The number of esters is 1. The molecule has 2 heterocycles. The van der Waals surface area contributed by atoms with Gasteiger partial charge in [-0.25, -0.2) is 0 Å². The van der Waals surface area contributed by atoms with Crippen LogP contribution in [0.2, 0.25) is 0 Å². The summed E-state index contributed by atoms with van der Waals surface area (Å²) in [6, 6.07) is 0. The van der Waals surface area contributed by atoms with Crippen LogP contribution in [0.3, 0.4) is 0 Å². The number of hydrogen-bond acceptors (Lipinski definition) is 10. The van der Waals surface area contributed by atoms with Gasteiger partial charge >= 0.3 is 108 Å². The van der Waals surface area contributed by atoms with Crippen molar-refractivity contribution in [1.82, 2.24) is 4.98 Å². The molecule has 10 atom stereocenters. The van der Waals surface area contributed by atoms with Crippen LogP contribution in [0.15, 0.2) is 28.2 Å². The molecule has 3 fully saturated rings. The van der Waals surface area contributed by atoms with Gasteiger partial charge in [-0.2, -0.15) is 0 Å². The third kappa shape index (κ3) is 5.51. The number of nitrogens with zero attached hydrogens (tertiary/aromatic N) is 1. The van der Waals surface area contributed by atoms with Crippen molar-refractivity contribution in [3.63, 3.8) is 0 Å². The Hall–Kier alpha value is -2.47. The van der Waals surface area contributed by atoms with Crippen LogP contribution in [0.25, 0.3) is 0 Å². The topological polar surface area (TPSA) is 186 Å². The summed E-state index contributed by atoms with van der Waals surface area (Å²) < 4.78 is 11.6. The van der Waals surface area contributed by atoms with Gasteiger partial charge in [-0.1, -0.05) is 25.5 Å². The number of aromatic nitrogens is 1. The molecule has 0 aromatic carbocycles. The SMILES string of the molecule is CC(=O)O[C@]1(C(C)=O)CC[C@H]2[C@@H]3C=C(C)C4=CC(=O)CC[C@]4(C)[C@H]3CC[C@@]21C.NC(=O)c1c[se]c([C@@H]2O[C@H](CO)[C@@H](O)[C@H]2O)n1. The summed E-state index contributed by atoms with van der Waals surface area (Å²) in [7, 11) is 0. The molecule has 1 aromatic rings. The number of rotatable bonds is 5. The number of carbonyl (C=O) groups is 4. The van der Waals surface area contributed by atoms with Gasteiger partial charge < -0.3 is 4.74 Å². The molecule has 5 N–H and O–H groups in total. The standard InChI is InChI=1S/C24H32O4.C9H12N2O5Se/c1-14-12-18-19(22(4)9-6-17(27)13-21(14)22)7-10-23(5)20(18)8-11-24(23,15(2)25)28-16(3)26;10-8(15)3-2-17-9(11-3)7-6(14)5(13)4(1-12)16-7/h12-13,18-20H,6-11H2,1-5H3;2,4-7,12-14H,1H2,(H2,10,15)/t18-,19+,20+,22-,23+,24+;4-,5-,6-,7-/m11/s1. The number of primary amides is 1. The molecule has 0 unspecified atom stereocenters. The predicted molar refractivity (Wildman–Crippen MR) is 163 cm³/mol. The maximum absolute atomic E-state index is 12.8. The van der Waals surface area contributed by atoms with Crippen molar-refractivity contribution in [2.75, 3.05) is 6.61 Å². The minimum atomic E-state index is -1.15. The number of hydrogen-bond donors (Lipinski definition) is 4. The minimum absolute atomic E-state index is 0.0160. The first kappa shape index (κ1) is 33.9. The van der Waals surface area contributed by atoms with E-state index in [0.717, 1.165) is 25.7 Å². The third-order valence-electron chi connectivity index (χ3n) is 11.4. The van der Waals surface area contributed by atoms with E-state index in [1.54, 1.807) is 11.9 Å². The van der Waals surface area contributed by atoms with Gasteiger partial charge in [0, 0.05) is 18.8 Å². The molecule has 45 heavy (non-hydrogen) atoms. The van der Waals surface area contributed by atoms with E-state index < -0.39 is 35.9 Å². The average molecular weight is 692 g/mol. The first-order valence-electron chi connectivity index (χ1n) is 15.6. The number of aliphatic hydroxyl groups is 3. The zero-order chi connectivity index (χ0) is 33.1. The summed E-state index contributed by atoms with van der Waals surface area (Å²) in [5.41, 5.74) is 6.38. The number of fused-ring (bicyclic) bond motifs is 5. The molecule has 11 nitrogen and oxygen atoms in total. The second kappa shape index (κ2) is 12.3. The molecule has 1 aromatic heterocycles.